The molecule has 0 heterocycles. The maximum absolute atomic E-state index is 6.15. The highest BCUT2D eigenvalue weighted by Crippen LogP contribution is 2.36. The number of hydrogen-bond donors (Lipinski definition) is 1. The third kappa shape index (κ3) is 3.93. The van der Waals surface area contributed by atoms with Crippen LogP contribution in [0.4, 0.5) is 5.69 Å². The summed E-state index contributed by atoms with van der Waals surface area (Å²) in [5, 5.41) is 5.36. The van der Waals surface area contributed by atoms with Gasteiger partial charge in [-0.1, -0.05) is 46.4 Å². The molecular weight excluding hydrogens is 392 g/mol. The molecule has 6 heteroatoms. The molecule has 2 aromatic carbocycles. The molecule has 0 fully saturated rings. The molecule has 1 N–H and O–H groups in total. The van der Waals surface area contributed by atoms with E-state index in [9.17, 15) is 0 Å². The lowest BCUT2D eigenvalue weighted by molar-refractivity contribution is 1.15. The van der Waals surface area contributed by atoms with Crippen LogP contribution < -0.4 is 5.32 Å². The van der Waals surface area contributed by atoms with Gasteiger partial charge in [-0.3, -0.25) is 0 Å². The van der Waals surface area contributed by atoms with Crippen LogP contribution >= 0.6 is 62.3 Å². The maximum atomic E-state index is 6.15. The number of halogens is 5. The van der Waals surface area contributed by atoms with Crippen molar-refractivity contribution in [2.45, 2.75) is 6.54 Å². The first-order valence-corrected chi connectivity index (χ1v) is 7.60. The Labute approximate surface area is 139 Å². The molecule has 0 saturated carbocycles. The van der Waals surface area contributed by atoms with Crippen LogP contribution in [-0.4, -0.2) is 0 Å². The van der Waals surface area contributed by atoms with Gasteiger partial charge in [0.2, 0.25) is 0 Å². The number of rotatable bonds is 3. The van der Waals surface area contributed by atoms with Crippen molar-refractivity contribution in [3.05, 3.63) is 60.5 Å². The lowest BCUT2D eigenvalue weighted by Gasteiger charge is -2.11. The first-order valence-electron chi connectivity index (χ1n) is 5.29. The van der Waals surface area contributed by atoms with Crippen LogP contribution in [0, 0.1) is 0 Å². The van der Waals surface area contributed by atoms with Crippen molar-refractivity contribution in [1.29, 1.82) is 0 Å². The standard InChI is InChI=1S/C13H8BrCl4N/c14-10-1-2-11(13(18)12(10)17)19-6-7-3-8(15)5-9(16)4-7/h1-5,19H,6H2. The SMILES string of the molecule is Clc1cc(Cl)cc(CNc2ccc(Br)c(Cl)c2Cl)c1. The highest BCUT2D eigenvalue weighted by Gasteiger charge is 2.08. The van der Waals surface area contributed by atoms with Gasteiger partial charge in [-0.05, 0) is 51.8 Å². The summed E-state index contributed by atoms with van der Waals surface area (Å²) >= 11 is 27.4. The molecule has 0 aromatic heterocycles. The Bertz CT molecular complexity index is 596. The fourth-order valence-electron chi connectivity index (χ4n) is 1.57. The smallest absolute Gasteiger partial charge is 0.0835 e. The second kappa shape index (κ2) is 6.55. The Morgan fingerprint density at radius 3 is 2.16 bits per heavy atom. The summed E-state index contributed by atoms with van der Waals surface area (Å²) in [6.07, 6.45) is 0. The molecule has 100 valence electrons. The number of anilines is 1. The van der Waals surface area contributed by atoms with Crippen molar-refractivity contribution in [3.63, 3.8) is 0 Å². The summed E-state index contributed by atoms with van der Waals surface area (Å²) in [5.41, 5.74) is 1.72. The minimum Gasteiger partial charge on any atom is -0.380 e. The molecule has 1 nitrogen and oxygen atoms in total. The van der Waals surface area contributed by atoms with E-state index in [2.05, 4.69) is 21.2 Å². The fourth-order valence-corrected chi connectivity index (χ4v) is 2.98. The van der Waals surface area contributed by atoms with E-state index in [1.165, 1.54) is 0 Å². The summed E-state index contributed by atoms with van der Waals surface area (Å²) in [6.45, 7) is 0.554. The Kier molecular flexibility index (Phi) is 5.27. The predicted octanol–water partition coefficient (Wildman–Crippen LogP) is 6.67. The largest absolute Gasteiger partial charge is 0.380 e. The van der Waals surface area contributed by atoms with Gasteiger partial charge in [0.05, 0.1) is 15.7 Å². The minimum absolute atomic E-state index is 0.476. The second-order valence-corrected chi connectivity index (χ2v) is 6.34. The van der Waals surface area contributed by atoms with Crippen LogP contribution in [0.25, 0.3) is 0 Å². The Balaban J connectivity index is 2.17. The normalized spacial score (nSPS) is 10.6. The zero-order valence-corrected chi connectivity index (χ0v) is 14.1. The van der Waals surface area contributed by atoms with Gasteiger partial charge in [0.1, 0.15) is 0 Å². The van der Waals surface area contributed by atoms with Gasteiger partial charge in [0, 0.05) is 21.1 Å². The molecule has 0 aliphatic rings. The third-order valence-corrected chi connectivity index (χ3v) is 4.65. The van der Waals surface area contributed by atoms with Gasteiger partial charge in [0.15, 0.2) is 0 Å². The third-order valence-electron chi connectivity index (χ3n) is 2.44. The Morgan fingerprint density at radius 1 is 0.895 bits per heavy atom. The summed E-state index contributed by atoms with van der Waals surface area (Å²) < 4.78 is 0.760. The lowest BCUT2D eigenvalue weighted by Crippen LogP contribution is -2.00. The van der Waals surface area contributed by atoms with Crippen molar-refractivity contribution >= 4 is 68.0 Å². The highest BCUT2D eigenvalue weighted by atomic mass is 79.9. The molecule has 0 bridgehead atoms. The molecular formula is C13H8BrCl4N. The van der Waals surface area contributed by atoms with E-state index in [1.807, 2.05) is 24.3 Å². The van der Waals surface area contributed by atoms with Crippen molar-refractivity contribution in [2.75, 3.05) is 5.32 Å². The van der Waals surface area contributed by atoms with Gasteiger partial charge in [0.25, 0.3) is 0 Å². The molecule has 0 atom stereocenters. The highest BCUT2D eigenvalue weighted by molar-refractivity contribution is 9.10. The Morgan fingerprint density at radius 2 is 1.53 bits per heavy atom. The van der Waals surface area contributed by atoms with Gasteiger partial charge >= 0.3 is 0 Å². The molecule has 0 spiro atoms. The molecule has 2 aromatic rings. The number of nitrogens with one attached hydrogen (secondary N) is 1. The van der Waals surface area contributed by atoms with Crippen LogP contribution in [-0.2, 0) is 6.54 Å². The molecule has 2 rings (SSSR count). The van der Waals surface area contributed by atoms with Gasteiger partial charge in [-0.2, -0.15) is 0 Å². The molecule has 0 saturated heterocycles. The van der Waals surface area contributed by atoms with Crippen LogP contribution in [0.5, 0.6) is 0 Å². The first-order chi connectivity index (χ1) is 8.97. The summed E-state index contributed by atoms with van der Waals surface area (Å²) in [6, 6.07) is 9.06. The average Bonchev–Trinajstić information content (AvgIpc) is 2.34. The van der Waals surface area contributed by atoms with Crippen molar-refractivity contribution in [1.82, 2.24) is 0 Å². The summed E-state index contributed by atoms with van der Waals surface area (Å²) in [4.78, 5) is 0. The Hall–Kier alpha value is -0.120. The van der Waals surface area contributed by atoms with Crippen LogP contribution in [0.1, 0.15) is 5.56 Å². The molecule has 0 amide bonds. The monoisotopic (exact) mass is 397 g/mol. The molecule has 0 unspecified atom stereocenters. The number of benzene rings is 2. The van der Waals surface area contributed by atoms with Crippen LogP contribution in [0.3, 0.4) is 0 Å². The lowest BCUT2D eigenvalue weighted by atomic mass is 10.2. The molecule has 0 aliphatic carbocycles. The van der Waals surface area contributed by atoms with Gasteiger partial charge < -0.3 is 5.32 Å². The van der Waals surface area contributed by atoms with E-state index in [0.29, 0.717) is 26.6 Å². The maximum Gasteiger partial charge on any atom is 0.0835 e. The summed E-state index contributed by atoms with van der Waals surface area (Å²) in [5.74, 6) is 0. The van der Waals surface area contributed by atoms with E-state index in [1.54, 1.807) is 6.07 Å². The zero-order chi connectivity index (χ0) is 14.0. The van der Waals surface area contributed by atoms with E-state index in [0.717, 1.165) is 15.7 Å². The summed E-state index contributed by atoms with van der Waals surface area (Å²) in [7, 11) is 0. The van der Waals surface area contributed by atoms with Gasteiger partial charge in [-0.15, -0.1) is 0 Å². The fraction of sp³-hybridized carbons (Fsp3) is 0.0769. The van der Waals surface area contributed by atoms with Crippen molar-refractivity contribution < 1.29 is 0 Å². The average molecular weight is 400 g/mol. The van der Waals surface area contributed by atoms with Crippen LogP contribution in [0.2, 0.25) is 20.1 Å². The van der Waals surface area contributed by atoms with E-state index in [-0.39, 0.29) is 0 Å². The van der Waals surface area contributed by atoms with E-state index >= 15 is 0 Å². The van der Waals surface area contributed by atoms with Crippen LogP contribution in [0.15, 0.2) is 34.8 Å². The second-order valence-electron chi connectivity index (χ2n) is 3.85. The quantitative estimate of drug-likeness (QED) is 0.568. The molecule has 0 radical (unpaired) electrons. The number of hydrogen-bond acceptors (Lipinski definition) is 1. The van der Waals surface area contributed by atoms with Crippen molar-refractivity contribution in [3.8, 4) is 0 Å². The molecule has 0 aliphatic heterocycles. The van der Waals surface area contributed by atoms with E-state index < -0.39 is 0 Å². The molecule has 19 heavy (non-hydrogen) atoms. The van der Waals surface area contributed by atoms with Gasteiger partial charge in [-0.25, -0.2) is 0 Å². The first kappa shape index (κ1) is 15.3. The minimum atomic E-state index is 0.476. The van der Waals surface area contributed by atoms with E-state index in [4.69, 9.17) is 46.4 Å². The zero-order valence-electron chi connectivity index (χ0n) is 9.48. The topological polar surface area (TPSA) is 12.0 Å². The van der Waals surface area contributed by atoms with Crippen molar-refractivity contribution in [2.24, 2.45) is 0 Å². The predicted molar refractivity (Wildman–Crippen MR) is 88.0 cm³/mol.